The zero-order chi connectivity index (χ0) is 18.6. The number of carbonyl (C=O) groups excluding carboxylic acids is 1. The molecule has 0 atom stereocenters. The van der Waals surface area contributed by atoms with Crippen LogP contribution in [0.1, 0.15) is 28.4 Å². The Bertz CT molecular complexity index is 796. The second-order valence-corrected chi connectivity index (χ2v) is 7.07. The lowest BCUT2D eigenvalue weighted by molar-refractivity contribution is 0.0628. The SMILES string of the molecule is CCOc1ccc(CN2CCN(C(=O)c3ccc4c(c3)CCO4)CC2)cc1. The van der Waals surface area contributed by atoms with Crippen LogP contribution in [0.3, 0.4) is 0 Å². The molecule has 2 aliphatic heterocycles. The van der Waals surface area contributed by atoms with Gasteiger partial charge in [0.25, 0.3) is 5.91 Å². The fourth-order valence-electron chi connectivity index (χ4n) is 3.73. The third-order valence-electron chi connectivity index (χ3n) is 5.24. The van der Waals surface area contributed by atoms with E-state index in [-0.39, 0.29) is 5.91 Å². The molecule has 2 aromatic carbocycles. The zero-order valence-corrected chi connectivity index (χ0v) is 15.8. The summed E-state index contributed by atoms with van der Waals surface area (Å²) in [5.74, 6) is 1.97. The van der Waals surface area contributed by atoms with Crippen LogP contribution in [0.5, 0.6) is 11.5 Å². The molecule has 1 saturated heterocycles. The quantitative estimate of drug-likeness (QED) is 0.816. The molecule has 2 aliphatic rings. The number of hydrogen-bond acceptors (Lipinski definition) is 4. The Morgan fingerprint density at radius 3 is 2.59 bits per heavy atom. The van der Waals surface area contributed by atoms with Crippen molar-refractivity contribution in [3.63, 3.8) is 0 Å². The normalized spacial score (nSPS) is 16.7. The van der Waals surface area contributed by atoms with Gasteiger partial charge in [-0.2, -0.15) is 0 Å². The first-order valence-electron chi connectivity index (χ1n) is 9.72. The van der Waals surface area contributed by atoms with Crippen LogP contribution in [0.15, 0.2) is 42.5 Å². The van der Waals surface area contributed by atoms with E-state index in [9.17, 15) is 4.79 Å². The molecule has 0 spiro atoms. The molecule has 142 valence electrons. The largest absolute Gasteiger partial charge is 0.494 e. The van der Waals surface area contributed by atoms with Gasteiger partial charge >= 0.3 is 0 Å². The summed E-state index contributed by atoms with van der Waals surface area (Å²) in [4.78, 5) is 17.2. The molecule has 0 aliphatic carbocycles. The Labute approximate surface area is 160 Å². The van der Waals surface area contributed by atoms with E-state index in [4.69, 9.17) is 9.47 Å². The summed E-state index contributed by atoms with van der Waals surface area (Å²) in [5, 5.41) is 0. The highest BCUT2D eigenvalue weighted by Crippen LogP contribution is 2.26. The van der Waals surface area contributed by atoms with Crippen LogP contribution in [0.25, 0.3) is 0 Å². The van der Waals surface area contributed by atoms with Crippen molar-refractivity contribution in [2.24, 2.45) is 0 Å². The van der Waals surface area contributed by atoms with Gasteiger partial charge in [0, 0.05) is 44.7 Å². The van der Waals surface area contributed by atoms with Crippen LogP contribution in [0.2, 0.25) is 0 Å². The van der Waals surface area contributed by atoms with Gasteiger partial charge in [-0.1, -0.05) is 12.1 Å². The van der Waals surface area contributed by atoms with Crippen LogP contribution >= 0.6 is 0 Å². The second kappa shape index (κ2) is 8.01. The van der Waals surface area contributed by atoms with Crippen molar-refractivity contribution in [1.82, 2.24) is 9.80 Å². The van der Waals surface area contributed by atoms with Crippen LogP contribution in [0.4, 0.5) is 0 Å². The summed E-state index contributed by atoms with van der Waals surface area (Å²) in [6.07, 6.45) is 0.895. The van der Waals surface area contributed by atoms with Gasteiger partial charge in [0.1, 0.15) is 11.5 Å². The van der Waals surface area contributed by atoms with Gasteiger partial charge in [0.15, 0.2) is 0 Å². The van der Waals surface area contributed by atoms with E-state index in [1.54, 1.807) is 0 Å². The molecule has 0 saturated carbocycles. The monoisotopic (exact) mass is 366 g/mol. The molecule has 0 unspecified atom stereocenters. The number of piperazine rings is 1. The van der Waals surface area contributed by atoms with Crippen molar-refractivity contribution >= 4 is 5.91 Å². The van der Waals surface area contributed by atoms with Gasteiger partial charge in [-0.25, -0.2) is 0 Å². The van der Waals surface area contributed by atoms with E-state index < -0.39 is 0 Å². The van der Waals surface area contributed by atoms with Crippen LogP contribution in [-0.2, 0) is 13.0 Å². The number of fused-ring (bicyclic) bond motifs is 1. The van der Waals surface area contributed by atoms with Gasteiger partial charge in [0.2, 0.25) is 0 Å². The lowest BCUT2D eigenvalue weighted by Crippen LogP contribution is -2.48. The summed E-state index contributed by atoms with van der Waals surface area (Å²) < 4.78 is 11.0. The summed E-state index contributed by atoms with van der Waals surface area (Å²) in [5.41, 5.74) is 3.20. The third kappa shape index (κ3) is 4.08. The zero-order valence-electron chi connectivity index (χ0n) is 15.8. The highest BCUT2D eigenvalue weighted by atomic mass is 16.5. The maximum Gasteiger partial charge on any atom is 0.253 e. The number of nitrogens with zero attached hydrogens (tertiary/aromatic N) is 2. The Morgan fingerprint density at radius 1 is 1.07 bits per heavy atom. The van der Waals surface area contributed by atoms with Gasteiger partial charge in [-0.3, -0.25) is 9.69 Å². The summed E-state index contributed by atoms with van der Waals surface area (Å²) in [7, 11) is 0. The molecule has 1 fully saturated rings. The second-order valence-electron chi connectivity index (χ2n) is 7.07. The maximum absolute atomic E-state index is 12.8. The molecular formula is C22H26N2O3. The summed E-state index contributed by atoms with van der Waals surface area (Å²) in [6.45, 7) is 7.63. The molecule has 0 bridgehead atoms. The van der Waals surface area contributed by atoms with E-state index in [1.807, 2.05) is 42.2 Å². The minimum atomic E-state index is 0.130. The molecule has 2 aromatic rings. The number of benzene rings is 2. The molecule has 4 rings (SSSR count). The highest BCUT2D eigenvalue weighted by molar-refractivity contribution is 5.94. The van der Waals surface area contributed by atoms with E-state index in [1.165, 1.54) is 5.56 Å². The number of amides is 1. The Hall–Kier alpha value is -2.53. The predicted octanol–water partition coefficient (Wildman–Crippen LogP) is 2.98. The average Bonchev–Trinajstić information content (AvgIpc) is 3.17. The average molecular weight is 366 g/mol. The molecule has 0 radical (unpaired) electrons. The smallest absolute Gasteiger partial charge is 0.253 e. The van der Waals surface area contributed by atoms with E-state index >= 15 is 0 Å². The first-order valence-corrected chi connectivity index (χ1v) is 9.72. The van der Waals surface area contributed by atoms with Crippen LogP contribution < -0.4 is 9.47 Å². The van der Waals surface area contributed by atoms with E-state index in [0.717, 1.165) is 68.4 Å². The highest BCUT2D eigenvalue weighted by Gasteiger charge is 2.23. The molecule has 2 heterocycles. The molecule has 0 aromatic heterocycles. The van der Waals surface area contributed by atoms with Crippen LogP contribution in [0, 0.1) is 0 Å². The van der Waals surface area contributed by atoms with Crippen LogP contribution in [-0.4, -0.2) is 55.1 Å². The van der Waals surface area contributed by atoms with Gasteiger partial charge in [-0.15, -0.1) is 0 Å². The summed E-state index contributed by atoms with van der Waals surface area (Å²) in [6, 6.07) is 14.1. The minimum absolute atomic E-state index is 0.130. The van der Waals surface area contributed by atoms with Gasteiger partial charge in [-0.05, 0) is 48.4 Å². The van der Waals surface area contributed by atoms with E-state index in [0.29, 0.717) is 6.61 Å². The van der Waals surface area contributed by atoms with Crippen molar-refractivity contribution in [3.8, 4) is 11.5 Å². The maximum atomic E-state index is 12.8. The van der Waals surface area contributed by atoms with Crippen molar-refractivity contribution in [1.29, 1.82) is 0 Å². The fraction of sp³-hybridized carbons (Fsp3) is 0.409. The molecule has 5 nitrogen and oxygen atoms in total. The molecule has 0 N–H and O–H groups in total. The topological polar surface area (TPSA) is 42.0 Å². The standard InChI is InChI=1S/C22H26N2O3/c1-2-26-20-6-3-17(4-7-20)16-23-10-12-24(13-11-23)22(25)19-5-8-21-18(15-19)9-14-27-21/h3-8,15H,2,9-14,16H2,1H3. The van der Waals surface area contributed by atoms with E-state index in [2.05, 4.69) is 17.0 Å². The van der Waals surface area contributed by atoms with Gasteiger partial charge < -0.3 is 14.4 Å². The Balaban J connectivity index is 1.31. The number of hydrogen-bond donors (Lipinski definition) is 0. The first-order chi connectivity index (χ1) is 13.2. The molecule has 1 amide bonds. The molecular weight excluding hydrogens is 340 g/mol. The van der Waals surface area contributed by atoms with Gasteiger partial charge in [0.05, 0.1) is 13.2 Å². The molecule has 27 heavy (non-hydrogen) atoms. The lowest BCUT2D eigenvalue weighted by atomic mass is 10.1. The number of ether oxygens (including phenoxy) is 2. The first kappa shape index (κ1) is 17.9. The minimum Gasteiger partial charge on any atom is -0.494 e. The number of carbonyl (C=O) groups is 1. The lowest BCUT2D eigenvalue weighted by Gasteiger charge is -2.34. The van der Waals surface area contributed by atoms with Crippen molar-refractivity contribution < 1.29 is 14.3 Å². The van der Waals surface area contributed by atoms with Crippen molar-refractivity contribution in [2.75, 3.05) is 39.4 Å². The Kier molecular flexibility index (Phi) is 5.30. The predicted molar refractivity (Wildman–Crippen MR) is 104 cm³/mol. The van der Waals surface area contributed by atoms with Crippen molar-refractivity contribution in [3.05, 3.63) is 59.2 Å². The number of rotatable bonds is 5. The van der Waals surface area contributed by atoms with Crippen molar-refractivity contribution in [2.45, 2.75) is 19.9 Å². The third-order valence-corrected chi connectivity index (χ3v) is 5.24. The molecule has 5 heteroatoms. The summed E-state index contributed by atoms with van der Waals surface area (Å²) >= 11 is 0. The fourth-order valence-corrected chi connectivity index (χ4v) is 3.73. The Morgan fingerprint density at radius 2 is 1.85 bits per heavy atom.